The van der Waals surface area contributed by atoms with Crippen LogP contribution in [-0.2, 0) is 16.2 Å². The van der Waals surface area contributed by atoms with Gasteiger partial charge in [-0.25, -0.2) is 0 Å². The van der Waals surface area contributed by atoms with Crippen LogP contribution in [0.15, 0.2) is 47.6 Å². The average Bonchev–Trinajstić information content (AvgIpc) is 3.13. The SMILES string of the molecule is CC(C)C(=O)N(Cc1ccccc1Cl)CC1CC(c2ccc(Cl)c(Cl)c2)=NO1. The number of rotatable bonds is 6. The molecule has 1 atom stereocenters. The molecule has 1 unspecified atom stereocenters. The van der Waals surface area contributed by atoms with Gasteiger partial charge in [0.1, 0.15) is 0 Å². The molecule has 7 heteroatoms. The Morgan fingerprint density at radius 3 is 2.57 bits per heavy atom. The van der Waals surface area contributed by atoms with E-state index < -0.39 is 0 Å². The third kappa shape index (κ3) is 4.99. The quantitative estimate of drug-likeness (QED) is 0.568. The van der Waals surface area contributed by atoms with Crippen molar-refractivity contribution in [3.63, 3.8) is 0 Å². The molecule has 1 aliphatic heterocycles. The van der Waals surface area contributed by atoms with E-state index in [4.69, 9.17) is 39.6 Å². The van der Waals surface area contributed by atoms with E-state index in [2.05, 4.69) is 5.16 Å². The second kappa shape index (κ2) is 9.17. The van der Waals surface area contributed by atoms with Gasteiger partial charge in [-0.15, -0.1) is 0 Å². The predicted octanol–water partition coefficient (Wildman–Crippen LogP) is 5.82. The van der Waals surface area contributed by atoms with Gasteiger partial charge in [-0.05, 0) is 23.8 Å². The molecular formula is C21H21Cl3N2O2. The number of hydrogen-bond donors (Lipinski definition) is 0. The largest absolute Gasteiger partial charge is 0.390 e. The molecule has 1 aliphatic rings. The molecule has 2 aromatic rings. The number of amides is 1. The fourth-order valence-electron chi connectivity index (χ4n) is 3.05. The van der Waals surface area contributed by atoms with Crippen molar-refractivity contribution in [2.75, 3.05) is 6.54 Å². The van der Waals surface area contributed by atoms with Crippen LogP contribution in [0.4, 0.5) is 0 Å². The van der Waals surface area contributed by atoms with Crippen molar-refractivity contribution in [3.05, 3.63) is 68.7 Å². The van der Waals surface area contributed by atoms with Crippen LogP contribution in [0.5, 0.6) is 0 Å². The first-order chi connectivity index (χ1) is 13.3. The normalized spacial score (nSPS) is 16.1. The smallest absolute Gasteiger partial charge is 0.225 e. The van der Waals surface area contributed by atoms with Gasteiger partial charge in [-0.2, -0.15) is 0 Å². The van der Waals surface area contributed by atoms with Gasteiger partial charge >= 0.3 is 0 Å². The highest BCUT2D eigenvalue weighted by atomic mass is 35.5. The van der Waals surface area contributed by atoms with Crippen LogP contribution in [0.3, 0.4) is 0 Å². The van der Waals surface area contributed by atoms with Gasteiger partial charge in [0, 0.05) is 29.5 Å². The minimum atomic E-state index is -0.227. The van der Waals surface area contributed by atoms with Gasteiger partial charge in [-0.3, -0.25) is 4.79 Å². The number of nitrogens with zero attached hydrogens (tertiary/aromatic N) is 2. The first-order valence-corrected chi connectivity index (χ1v) is 10.2. The lowest BCUT2D eigenvalue weighted by atomic mass is 10.0. The minimum absolute atomic E-state index is 0.0477. The summed E-state index contributed by atoms with van der Waals surface area (Å²) in [4.78, 5) is 20.1. The number of carbonyl (C=O) groups excluding carboxylic acids is 1. The molecule has 2 aromatic carbocycles. The number of oxime groups is 1. The lowest BCUT2D eigenvalue weighted by molar-refractivity contribution is -0.136. The molecular weight excluding hydrogens is 419 g/mol. The monoisotopic (exact) mass is 438 g/mol. The predicted molar refractivity (Wildman–Crippen MR) is 114 cm³/mol. The Hall–Kier alpha value is -1.75. The number of benzene rings is 2. The lowest BCUT2D eigenvalue weighted by Gasteiger charge is -2.27. The summed E-state index contributed by atoms with van der Waals surface area (Å²) in [5.41, 5.74) is 2.56. The summed E-state index contributed by atoms with van der Waals surface area (Å²) >= 11 is 18.4. The summed E-state index contributed by atoms with van der Waals surface area (Å²) in [5, 5.41) is 5.80. The molecule has 1 heterocycles. The van der Waals surface area contributed by atoms with Crippen LogP contribution in [-0.4, -0.2) is 29.2 Å². The van der Waals surface area contributed by atoms with Crippen LogP contribution in [0.1, 0.15) is 31.4 Å². The molecule has 0 fully saturated rings. The van der Waals surface area contributed by atoms with Crippen molar-refractivity contribution >= 4 is 46.4 Å². The molecule has 0 saturated carbocycles. The standard InChI is InChI=1S/C21H21Cl3N2O2/c1-13(2)21(27)26(11-15-5-3-4-6-17(15)22)12-16-10-20(25-28-16)14-7-8-18(23)19(24)9-14/h3-9,13,16H,10-12H2,1-2H3. The first-order valence-electron chi connectivity index (χ1n) is 9.05. The Labute approximate surface area is 180 Å². The number of halogens is 3. The highest BCUT2D eigenvalue weighted by Crippen LogP contribution is 2.26. The van der Waals surface area contributed by atoms with E-state index in [1.54, 1.807) is 17.0 Å². The summed E-state index contributed by atoms with van der Waals surface area (Å²) in [7, 11) is 0. The fourth-order valence-corrected chi connectivity index (χ4v) is 3.54. The Morgan fingerprint density at radius 1 is 1.14 bits per heavy atom. The van der Waals surface area contributed by atoms with E-state index in [9.17, 15) is 4.79 Å². The van der Waals surface area contributed by atoms with Gasteiger partial charge in [0.05, 0.1) is 22.3 Å². The van der Waals surface area contributed by atoms with Gasteiger partial charge in [-0.1, -0.05) is 78.1 Å². The molecule has 4 nitrogen and oxygen atoms in total. The maximum absolute atomic E-state index is 12.7. The number of hydrogen-bond acceptors (Lipinski definition) is 3. The Balaban J connectivity index is 1.70. The zero-order chi connectivity index (χ0) is 20.3. The van der Waals surface area contributed by atoms with E-state index >= 15 is 0 Å². The van der Waals surface area contributed by atoms with Gasteiger partial charge < -0.3 is 9.74 Å². The molecule has 0 N–H and O–H groups in total. The maximum Gasteiger partial charge on any atom is 0.225 e. The third-order valence-corrected chi connectivity index (χ3v) is 5.64. The fraction of sp³-hybridized carbons (Fsp3) is 0.333. The van der Waals surface area contributed by atoms with E-state index in [0.717, 1.165) is 16.8 Å². The van der Waals surface area contributed by atoms with E-state index in [0.29, 0.717) is 34.6 Å². The summed E-state index contributed by atoms with van der Waals surface area (Å²) < 4.78 is 0. The molecule has 0 bridgehead atoms. The number of carbonyl (C=O) groups is 1. The molecule has 28 heavy (non-hydrogen) atoms. The second-order valence-corrected chi connectivity index (χ2v) is 8.28. The van der Waals surface area contributed by atoms with Crippen molar-refractivity contribution in [1.29, 1.82) is 0 Å². The molecule has 148 valence electrons. The summed E-state index contributed by atoms with van der Waals surface area (Å²) in [6.45, 7) is 4.62. The van der Waals surface area contributed by atoms with Crippen LogP contribution >= 0.6 is 34.8 Å². The van der Waals surface area contributed by atoms with Crippen LogP contribution in [0, 0.1) is 5.92 Å². The second-order valence-electron chi connectivity index (χ2n) is 7.06. The van der Waals surface area contributed by atoms with E-state index in [1.807, 2.05) is 44.2 Å². The molecule has 3 rings (SSSR count). The van der Waals surface area contributed by atoms with Crippen molar-refractivity contribution in [1.82, 2.24) is 4.90 Å². The zero-order valence-corrected chi connectivity index (χ0v) is 17.9. The van der Waals surface area contributed by atoms with E-state index in [-0.39, 0.29) is 17.9 Å². The van der Waals surface area contributed by atoms with Crippen molar-refractivity contribution in [2.45, 2.75) is 32.9 Å². The van der Waals surface area contributed by atoms with E-state index in [1.165, 1.54) is 0 Å². The van der Waals surface area contributed by atoms with Crippen LogP contribution in [0.25, 0.3) is 0 Å². The highest BCUT2D eigenvalue weighted by Gasteiger charge is 2.28. The Morgan fingerprint density at radius 2 is 1.89 bits per heavy atom. The third-order valence-electron chi connectivity index (χ3n) is 4.53. The molecule has 0 aliphatic carbocycles. The van der Waals surface area contributed by atoms with Crippen molar-refractivity contribution in [3.8, 4) is 0 Å². The Kier molecular flexibility index (Phi) is 6.86. The maximum atomic E-state index is 12.7. The molecule has 1 amide bonds. The zero-order valence-electron chi connectivity index (χ0n) is 15.7. The topological polar surface area (TPSA) is 41.9 Å². The summed E-state index contributed by atoms with van der Waals surface area (Å²) in [6, 6.07) is 12.9. The average molecular weight is 440 g/mol. The van der Waals surface area contributed by atoms with Crippen molar-refractivity contribution < 1.29 is 9.63 Å². The van der Waals surface area contributed by atoms with Crippen LogP contribution in [0.2, 0.25) is 15.1 Å². The van der Waals surface area contributed by atoms with Gasteiger partial charge in [0.2, 0.25) is 5.91 Å². The molecule has 0 spiro atoms. The first kappa shape index (κ1) is 21.0. The van der Waals surface area contributed by atoms with Crippen molar-refractivity contribution in [2.24, 2.45) is 11.1 Å². The van der Waals surface area contributed by atoms with Gasteiger partial charge in [0.25, 0.3) is 0 Å². The lowest BCUT2D eigenvalue weighted by Crippen LogP contribution is -2.39. The molecule has 0 saturated heterocycles. The summed E-state index contributed by atoms with van der Waals surface area (Å²) in [5.74, 6) is -0.0779. The summed E-state index contributed by atoms with van der Waals surface area (Å²) in [6.07, 6.45) is 0.358. The molecule has 0 aromatic heterocycles. The van der Waals surface area contributed by atoms with Crippen LogP contribution < -0.4 is 0 Å². The Bertz CT molecular complexity index is 899. The minimum Gasteiger partial charge on any atom is -0.390 e. The highest BCUT2D eigenvalue weighted by molar-refractivity contribution is 6.42. The molecule has 0 radical (unpaired) electrons. The van der Waals surface area contributed by atoms with Gasteiger partial charge in [0.15, 0.2) is 6.10 Å².